The molecule has 1 atom stereocenters. The molecular formula is C10H15NO. The minimum absolute atomic E-state index is 0.146. The highest BCUT2D eigenvalue weighted by atomic mass is 16.1. The van der Waals surface area contributed by atoms with Gasteiger partial charge in [0.15, 0.2) is 5.78 Å². The summed E-state index contributed by atoms with van der Waals surface area (Å²) in [6, 6.07) is 0. The normalized spacial score (nSPS) is 28.3. The Morgan fingerprint density at radius 3 is 2.92 bits per heavy atom. The number of terminal acetylenes is 1. The highest BCUT2D eigenvalue weighted by molar-refractivity contribution is 5.87. The molecule has 1 fully saturated rings. The Kier molecular flexibility index (Phi) is 2.88. The molecule has 0 radical (unpaired) electrons. The number of nitrogens with one attached hydrogen (secondary N) is 1. The average Bonchev–Trinajstić information content (AvgIpc) is 2.54. The first-order valence-corrected chi connectivity index (χ1v) is 4.42. The van der Waals surface area contributed by atoms with E-state index in [-0.39, 0.29) is 17.6 Å². The predicted molar refractivity (Wildman–Crippen MR) is 48.7 cm³/mol. The second-order valence-corrected chi connectivity index (χ2v) is 3.36. The quantitative estimate of drug-likeness (QED) is 0.631. The second kappa shape index (κ2) is 3.73. The van der Waals surface area contributed by atoms with E-state index < -0.39 is 0 Å². The van der Waals surface area contributed by atoms with Crippen molar-refractivity contribution in [3.63, 3.8) is 0 Å². The number of ketones is 1. The average molecular weight is 165 g/mol. The second-order valence-electron chi connectivity index (χ2n) is 3.36. The van der Waals surface area contributed by atoms with Crippen molar-refractivity contribution in [3.05, 3.63) is 0 Å². The molecule has 0 bridgehead atoms. The Hall–Kier alpha value is -0.810. The molecule has 1 aliphatic heterocycles. The Labute approximate surface area is 73.7 Å². The molecule has 0 aromatic carbocycles. The Morgan fingerprint density at radius 1 is 1.75 bits per heavy atom. The van der Waals surface area contributed by atoms with Gasteiger partial charge < -0.3 is 5.32 Å². The smallest absolute Gasteiger partial charge is 0.152 e. The lowest BCUT2D eigenvalue weighted by Crippen LogP contribution is -2.32. The van der Waals surface area contributed by atoms with Crippen LogP contribution in [0, 0.1) is 17.8 Å². The maximum absolute atomic E-state index is 11.6. The molecule has 0 spiro atoms. The molecule has 0 aliphatic carbocycles. The predicted octanol–water partition coefficient (Wildman–Crippen LogP) is 0.968. The molecule has 2 heteroatoms. The van der Waals surface area contributed by atoms with Gasteiger partial charge in [-0.25, -0.2) is 0 Å². The zero-order valence-corrected chi connectivity index (χ0v) is 7.52. The Balaban J connectivity index is 2.67. The van der Waals surface area contributed by atoms with Crippen molar-refractivity contribution >= 4 is 5.78 Å². The van der Waals surface area contributed by atoms with Gasteiger partial charge in [-0.2, -0.15) is 0 Å². The molecular weight excluding hydrogens is 150 g/mol. The van der Waals surface area contributed by atoms with E-state index in [4.69, 9.17) is 6.42 Å². The van der Waals surface area contributed by atoms with Crippen molar-refractivity contribution in [1.82, 2.24) is 5.32 Å². The summed E-state index contributed by atoms with van der Waals surface area (Å²) in [6.45, 7) is 3.82. The van der Waals surface area contributed by atoms with E-state index in [0.717, 1.165) is 25.9 Å². The van der Waals surface area contributed by atoms with Gasteiger partial charge in [0.25, 0.3) is 0 Å². The third-order valence-electron chi connectivity index (χ3n) is 2.77. The Morgan fingerprint density at radius 2 is 2.50 bits per heavy atom. The van der Waals surface area contributed by atoms with Crippen LogP contribution in [0.2, 0.25) is 0 Å². The van der Waals surface area contributed by atoms with Gasteiger partial charge in [0.05, 0.1) is 6.42 Å². The number of carbonyl (C=O) groups excluding carboxylic acids is 1. The third kappa shape index (κ3) is 1.51. The number of hydrogen-bond acceptors (Lipinski definition) is 2. The minimum Gasteiger partial charge on any atom is -0.316 e. The summed E-state index contributed by atoms with van der Waals surface area (Å²) in [5, 5.41) is 3.21. The Bertz CT molecular complexity index is 208. The van der Waals surface area contributed by atoms with Gasteiger partial charge in [0.2, 0.25) is 0 Å². The van der Waals surface area contributed by atoms with Crippen LogP contribution in [0.25, 0.3) is 0 Å². The van der Waals surface area contributed by atoms with Crippen molar-refractivity contribution in [1.29, 1.82) is 0 Å². The molecule has 0 aromatic heterocycles. The van der Waals surface area contributed by atoms with Crippen LogP contribution in [-0.4, -0.2) is 18.9 Å². The molecule has 1 aliphatic rings. The standard InChI is InChI=1S/C10H15NO/c1-3-5-9(12)10(4-2)6-7-11-8-10/h1,11H,4-8H2,2H3. The zero-order valence-electron chi connectivity index (χ0n) is 7.52. The van der Waals surface area contributed by atoms with Crippen LogP contribution in [0.5, 0.6) is 0 Å². The minimum atomic E-state index is -0.146. The third-order valence-corrected chi connectivity index (χ3v) is 2.77. The van der Waals surface area contributed by atoms with E-state index in [9.17, 15) is 4.79 Å². The van der Waals surface area contributed by atoms with Crippen LogP contribution in [0.3, 0.4) is 0 Å². The first-order chi connectivity index (χ1) is 5.75. The lowest BCUT2D eigenvalue weighted by atomic mass is 9.79. The fourth-order valence-electron chi connectivity index (χ4n) is 1.76. The summed E-state index contributed by atoms with van der Waals surface area (Å²) in [6.07, 6.45) is 7.26. The van der Waals surface area contributed by atoms with Gasteiger partial charge in [-0.3, -0.25) is 4.79 Å². The summed E-state index contributed by atoms with van der Waals surface area (Å²) in [5.41, 5.74) is -0.146. The fraction of sp³-hybridized carbons (Fsp3) is 0.700. The molecule has 1 unspecified atom stereocenters. The maximum atomic E-state index is 11.6. The molecule has 66 valence electrons. The summed E-state index contributed by atoms with van der Waals surface area (Å²) in [5.74, 6) is 2.66. The van der Waals surface area contributed by atoms with Crippen molar-refractivity contribution < 1.29 is 4.79 Å². The maximum Gasteiger partial charge on any atom is 0.152 e. The molecule has 2 nitrogen and oxygen atoms in total. The van der Waals surface area contributed by atoms with Gasteiger partial charge in [0.1, 0.15) is 0 Å². The molecule has 12 heavy (non-hydrogen) atoms. The van der Waals surface area contributed by atoms with Crippen molar-refractivity contribution in [2.45, 2.75) is 26.2 Å². The molecule has 0 saturated carbocycles. The topological polar surface area (TPSA) is 29.1 Å². The molecule has 1 heterocycles. The number of Topliss-reactive ketones (excluding diaryl/α,β-unsaturated/α-hetero) is 1. The van der Waals surface area contributed by atoms with E-state index >= 15 is 0 Å². The summed E-state index contributed by atoms with van der Waals surface area (Å²) >= 11 is 0. The van der Waals surface area contributed by atoms with Crippen LogP contribution in [0.15, 0.2) is 0 Å². The van der Waals surface area contributed by atoms with Crippen molar-refractivity contribution in [3.8, 4) is 12.3 Å². The van der Waals surface area contributed by atoms with Crippen molar-refractivity contribution in [2.24, 2.45) is 5.41 Å². The van der Waals surface area contributed by atoms with Gasteiger partial charge in [-0.15, -0.1) is 6.42 Å². The van der Waals surface area contributed by atoms with Crippen LogP contribution in [0.1, 0.15) is 26.2 Å². The van der Waals surface area contributed by atoms with E-state index in [1.165, 1.54) is 0 Å². The monoisotopic (exact) mass is 165 g/mol. The molecule has 1 rings (SSSR count). The first kappa shape index (κ1) is 9.28. The molecule has 1 N–H and O–H groups in total. The van der Waals surface area contributed by atoms with Gasteiger partial charge in [0, 0.05) is 12.0 Å². The van der Waals surface area contributed by atoms with E-state index in [2.05, 4.69) is 18.2 Å². The highest BCUT2D eigenvalue weighted by Gasteiger charge is 2.38. The van der Waals surface area contributed by atoms with Crippen LogP contribution in [0.4, 0.5) is 0 Å². The van der Waals surface area contributed by atoms with Crippen molar-refractivity contribution in [2.75, 3.05) is 13.1 Å². The summed E-state index contributed by atoms with van der Waals surface area (Å²) in [4.78, 5) is 11.6. The largest absolute Gasteiger partial charge is 0.316 e. The molecule has 1 saturated heterocycles. The number of rotatable bonds is 3. The summed E-state index contributed by atoms with van der Waals surface area (Å²) in [7, 11) is 0. The SMILES string of the molecule is C#CCC(=O)C1(CC)CCNC1. The fourth-order valence-corrected chi connectivity index (χ4v) is 1.76. The van der Waals surface area contributed by atoms with Crippen LogP contribution < -0.4 is 5.32 Å². The van der Waals surface area contributed by atoms with E-state index in [0.29, 0.717) is 0 Å². The molecule has 0 aromatic rings. The van der Waals surface area contributed by atoms with Crippen LogP contribution >= 0.6 is 0 Å². The number of carbonyl (C=O) groups is 1. The van der Waals surface area contributed by atoms with Gasteiger partial charge in [-0.05, 0) is 19.4 Å². The zero-order chi connectivity index (χ0) is 9.03. The molecule has 0 amide bonds. The van der Waals surface area contributed by atoms with E-state index in [1.54, 1.807) is 0 Å². The van der Waals surface area contributed by atoms with Crippen LogP contribution in [-0.2, 0) is 4.79 Å². The van der Waals surface area contributed by atoms with Gasteiger partial charge >= 0.3 is 0 Å². The lowest BCUT2D eigenvalue weighted by molar-refractivity contribution is -0.126. The first-order valence-electron chi connectivity index (χ1n) is 4.42. The highest BCUT2D eigenvalue weighted by Crippen LogP contribution is 2.31. The summed E-state index contributed by atoms with van der Waals surface area (Å²) < 4.78 is 0. The van der Waals surface area contributed by atoms with Gasteiger partial charge in [-0.1, -0.05) is 12.8 Å². The number of hydrogen-bond donors (Lipinski definition) is 1. The lowest BCUT2D eigenvalue weighted by Gasteiger charge is -2.23. The van der Waals surface area contributed by atoms with E-state index in [1.807, 2.05) is 0 Å².